The van der Waals surface area contributed by atoms with Gasteiger partial charge in [0.15, 0.2) is 0 Å². The van der Waals surface area contributed by atoms with Crippen LogP contribution in [-0.4, -0.2) is 37.7 Å². The summed E-state index contributed by atoms with van der Waals surface area (Å²) in [5.74, 6) is 1.89. The molecule has 0 radical (unpaired) electrons. The number of hydrogen-bond acceptors (Lipinski definition) is 3. The van der Waals surface area contributed by atoms with Crippen molar-refractivity contribution >= 4 is 0 Å². The van der Waals surface area contributed by atoms with Crippen molar-refractivity contribution in [1.29, 1.82) is 0 Å². The molecule has 1 aromatic rings. The highest BCUT2D eigenvalue weighted by Gasteiger charge is 2.35. The predicted molar refractivity (Wildman–Crippen MR) is 84.8 cm³/mol. The van der Waals surface area contributed by atoms with Gasteiger partial charge in [-0.1, -0.05) is 6.07 Å². The first kappa shape index (κ1) is 13.6. The maximum absolute atomic E-state index is 5.43. The molecule has 1 aliphatic carbocycles. The van der Waals surface area contributed by atoms with Crippen LogP contribution in [0.2, 0.25) is 0 Å². The minimum Gasteiger partial charge on any atom is -0.497 e. The topological polar surface area (TPSA) is 24.5 Å². The number of aryl methyl sites for hydroxylation is 1. The summed E-state index contributed by atoms with van der Waals surface area (Å²) in [6.07, 6.45) is 6.56. The molecule has 3 fully saturated rings. The average Bonchev–Trinajstić information content (AvgIpc) is 2.56. The molecule has 0 amide bonds. The van der Waals surface area contributed by atoms with E-state index in [-0.39, 0.29) is 0 Å². The van der Waals surface area contributed by atoms with Gasteiger partial charge in [0.1, 0.15) is 5.75 Å². The average molecular weight is 286 g/mol. The molecule has 2 atom stereocenters. The van der Waals surface area contributed by atoms with Gasteiger partial charge in [0.05, 0.1) is 7.11 Å². The number of nitrogens with one attached hydrogen (secondary N) is 1. The molecule has 2 bridgehead atoms. The van der Waals surface area contributed by atoms with Gasteiger partial charge in [0.25, 0.3) is 0 Å². The van der Waals surface area contributed by atoms with Crippen molar-refractivity contribution in [3.05, 3.63) is 29.3 Å². The number of piperidine rings is 3. The maximum atomic E-state index is 5.43. The van der Waals surface area contributed by atoms with E-state index in [0.717, 1.165) is 11.7 Å². The van der Waals surface area contributed by atoms with E-state index >= 15 is 0 Å². The van der Waals surface area contributed by atoms with Crippen LogP contribution >= 0.6 is 0 Å². The van der Waals surface area contributed by atoms with Gasteiger partial charge in [-0.3, -0.25) is 0 Å². The zero-order valence-corrected chi connectivity index (χ0v) is 13.0. The van der Waals surface area contributed by atoms with Crippen LogP contribution in [0.4, 0.5) is 0 Å². The van der Waals surface area contributed by atoms with E-state index in [2.05, 4.69) is 28.4 Å². The monoisotopic (exact) mass is 286 g/mol. The fraction of sp³-hybridized carbons (Fsp3) is 0.667. The molecule has 4 aliphatic rings. The summed E-state index contributed by atoms with van der Waals surface area (Å²) in [6.45, 7) is 3.89. The van der Waals surface area contributed by atoms with Gasteiger partial charge in [-0.05, 0) is 74.4 Å². The van der Waals surface area contributed by atoms with Crippen molar-refractivity contribution in [2.45, 2.75) is 44.2 Å². The number of rotatable bonds is 3. The SMILES string of the molecule is COc1ccc2c(c1)C(NC1CN3CCC1CC3)CCC2. The summed E-state index contributed by atoms with van der Waals surface area (Å²) in [5.41, 5.74) is 3.00. The van der Waals surface area contributed by atoms with Crippen LogP contribution in [0.1, 0.15) is 42.9 Å². The van der Waals surface area contributed by atoms with Crippen LogP contribution in [0.15, 0.2) is 18.2 Å². The van der Waals surface area contributed by atoms with Gasteiger partial charge < -0.3 is 15.0 Å². The van der Waals surface area contributed by atoms with Crippen LogP contribution < -0.4 is 10.1 Å². The third-order valence-corrected chi connectivity index (χ3v) is 5.74. The van der Waals surface area contributed by atoms with Gasteiger partial charge in [-0.25, -0.2) is 0 Å². The molecule has 3 nitrogen and oxygen atoms in total. The number of methoxy groups -OCH3 is 1. The van der Waals surface area contributed by atoms with E-state index in [1.165, 1.54) is 62.9 Å². The summed E-state index contributed by atoms with van der Waals surface area (Å²) in [6, 6.07) is 7.84. The highest BCUT2D eigenvalue weighted by atomic mass is 16.5. The van der Waals surface area contributed by atoms with Crippen molar-refractivity contribution in [2.75, 3.05) is 26.7 Å². The summed E-state index contributed by atoms with van der Waals surface area (Å²) >= 11 is 0. The van der Waals surface area contributed by atoms with Crippen molar-refractivity contribution in [2.24, 2.45) is 5.92 Å². The summed E-state index contributed by atoms with van der Waals surface area (Å²) in [5, 5.41) is 4.00. The lowest BCUT2D eigenvalue weighted by atomic mass is 9.81. The van der Waals surface area contributed by atoms with Gasteiger partial charge >= 0.3 is 0 Å². The Labute approximate surface area is 127 Å². The lowest BCUT2D eigenvalue weighted by molar-refractivity contribution is 0.0657. The predicted octanol–water partition coefficient (Wildman–Crippen LogP) is 2.76. The molecule has 3 saturated heterocycles. The highest BCUT2D eigenvalue weighted by Crippen LogP contribution is 2.35. The first-order valence-electron chi connectivity index (χ1n) is 8.48. The lowest BCUT2D eigenvalue weighted by Crippen LogP contribution is -2.56. The minimum absolute atomic E-state index is 0.523. The number of benzene rings is 1. The zero-order chi connectivity index (χ0) is 14.2. The van der Waals surface area contributed by atoms with E-state index < -0.39 is 0 Å². The third-order valence-electron chi connectivity index (χ3n) is 5.74. The molecule has 2 unspecified atom stereocenters. The Morgan fingerprint density at radius 1 is 1.19 bits per heavy atom. The molecule has 5 rings (SSSR count). The molecule has 1 aromatic carbocycles. The van der Waals surface area contributed by atoms with Crippen LogP contribution in [0.3, 0.4) is 0 Å². The molecule has 3 heterocycles. The standard InChI is InChI=1S/C18H26N2O/c1-21-15-6-5-13-3-2-4-17(16(13)11-15)19-18-12-20-9-7-14(18)8-10-20/h5-6,11,14,17-19H,2-4,7-10,12H2,1H3. The maximum Gasteiger partial charge on any atom is 0.119 e. The van der Waals surface area contributed by atoms with Crippen LogP contribution in [0, 0.1) is 5.92 Å². The fourth-order valence-electron chi connectivity index (χ4n) is 4.49. The number of nitrogens with zero attached hydrogens (tertiary/aromatic N) is 1. The molecular formula is C18H26N2O. The lowest BCUT2D eigenvalue weighted by Gasteiger charge is -2.46. The van der Waals surface area contributed by atoms with Gasteiger partial charge in [0, 0.05) is 18.6 Å². The Balaban J connectivity index is 1.54. The Morgan fingerprint density at radius 3 is 2.76 bits per heavy atom. The second-order valence-corrected chi connectivity index (χ2v) is 6.92. The second-order valence-electron chi connectivity index (χ2n) is 6.92. The second kappa shape index (κ2) is 5.62. The number of ether oxygens (including phenoxy) is 1. The Morgan fingerprint density at radius 2 is 2.05 bits per heavy atom. The van der Waals surface area contributed by atoms with Gasteiger partial charge in [-0.2, -0.15) is 0 Å². The van der Waals surface area contributed by atoms with Gasteiger partial charge in [-0.15, -0.1) is 0 Å². The summed E-state index contributed by atoms with van der Waals surface area (Å²) in [4.78, 5) is 2.63. The minimum atomic E-state index is 0.523. The van der Waals surface area contributed by atoms with E-state index in [1.54, 1.807) is 7.11 Å². The summed E-state index contributed by atoms with van der Waals surface area (Å²) in [7, 11) is 1.76. The Bertz CT molecular complexity index is 508. The molecule has 0 spiro atoms. The third kappa shape index (κ3) is 2.58. The first-order valence-corrected chi connectivity index (χ1v) is 8.48. The summed E-state index contributed by atoms with van der Waals surface area (Å²) < 4.78 is 5.43. The molecule has 0 saturated carbocycles. The largest absolute Gasteiger partial charge is 0.497 e. The van der Waals surface area contributed by atoms with Crippen molar-refractivity contribution < 1.29 is 4.74 Å². The number of hydrogen-bond donors (Lipinski definition) is 1. The molecule has 1 N–H and O–H groups in total. The quantitative estimate of drug-likeness (QED) is 0.924. The zero-order valence-electron chi connectivity index (χ0n) is 13.0. The van der Waals surface area contributed by atoms with Crippen LogP contribution in [-0.2, 0) is 6.42 Å². The molecule has 3 heteroatoms. The number of fused-ring (bicyclic) bond motifs is 4. The molecule has 114 valence electrons. The Hall–Kier alpha value is -1.06. The molecular weight excluding hydrogens is 260 g/mol. The molecule has 21 heavy (non-hydrogen) atoms. The van der Waals surface area contributed by atoms with Gasteiger partial charge in [0.2, 0.25) is 0 Å². The van der Waals surface area contributed by atoms with Crippen LogP contribution in [0.5, 0.6) is 5.75 Å². The molecule has 0 aromatic heterocycles. The van der Waals surface area contributed by atoms with Crippen LogP contribution in [0.25, 0.3) is 0 Å². The first-order chi connectivity index (χ1) is 10.3. The molecule has 3 aliphatic heterocycles. The van der Waals surface area contributed by atoms with E-state index in [4.69, 9.17) is 4.74 Å². The normalized spacial score (nSPS) is 34.5. The highest BCUT2D eigenvalue weighted by molar-refractivity contribution is 5.39. The van der Waals surface area contributed by atoms with Crippen molar-refractivity contribution in [3.63, 3.8) is 0 Å². The smallest absolute Gasteiger partial charge is 0.119 e. The van der Waals surface area contributed by atoms with E-state index in [1.807, 2.05) is 0 Å². The van der Waals surface area contributed by atoms with E-state index in [0.29, 0.717) is 12.1 Å². The van der Waals surface area contributed by atoms with E-state index in [9.17, 15) is 0 Å². The Kier molecular flexibility index (Phi) is 3.64. The van der Waals surface area contributed by atoms with Crippen molar-refractivity contribution in [3.8, 4) is 5.75 Å². The van der Waals surface area contributed by atoms with Crippen molar-refractivity contribution in [1.82, 2.24) is 10.2 Å². The fourth-order valence-corrected chi connectivity index (χ4v) is 4.49.